The molecule has 1 heteroatoms. The average Bonchev–Trinajstić information content (AvgIpc) is 2.91. The molecule has 0 heterocycles. The number of fused-ring (bicyclic) bond motifs is 5. The van der Waals surface area contributed by atoms with Gasteiger partial charge in [0.05, 0.1) is 0 Å². The first-order chi connectivity index (χ1) is 9.70. The van der Waals surface area contributed by atoms with Crippen LogP contribution in [0.4, 0.5) is 0 Å². The molecule has 0 spiro atoms. The molecule has 3 saturated carbocycles. The minimum Gasteiger partial charge on any atom is -0.303 e. The van der Waals surface area contributed by atoms with Gasteiger partial charge in [-0.25, -0.2) is 0 Å². The van der Waals surface area contributed by atoms with Gasteiger partial charge in [-0.2, -0.15) is 0 Å². The zero-order valence-corrected chi connectivity index (χ0v) is 12.9. The molecule has 0 amide bonds. The topological polar surface area (TPSA) is 17.1 Å². The summed E-state index contributed by atoms with van der Waals surface area (Å²) in [5.41, 5.74) is 2.35. The van der Waals surface area contributed by atoms with Crippen LogP contribution in [0.2, 0.25) is 0 Å². The Labute approximate surface area is 123 Å². The van der Waals surface area contributed by atoms with Gasteiger partial charge in [0.15, 0.2) is 0 Å². The molecular formula is C19H28O. The van der Waals surface area contributed by atoms with Crippen molar-refractivity contribution in [3.8, 4) is 0 Å². The lowest BCUT2D eigenvalue weighted by Gasteiger charge is -2.56. The molecule has 4 rings (SSSR count). The summed E-state index contributed by atoms with van der Waals surface area (Å²) in [6, 6.07) is 0. The van der Waals surface area contributed by atoms with E-state index in [1.165, 1.54) is 70.5 Å². The van der Waals surface area contributed by atoms with Gasteiger partial charge in [0.2, 0.25) is 0 Å². The highest BCUT2D eigenvalue weighted by Gasteiger charge is 2.56. The summed E-state index contributed by atoms with van der Waals surface area (Å²) in [5.74, 6) is 2.39. The first-order valence-electron chi connectivity index (χ1n) is 8.85. The molecule has 0 saturated heterocycles. The molecule has 0 unspecified atom stereocenters. The number of hydrogen-bond donors (Lipinski definition) is 0. The normalized spacial score (nSPS) is 50.6. The van der Waals surface area contributed by atoms with E-state index in [1.807, 2.05) is 0 Å². The van der Waals surface area contributed by atoms with Crippen LogP contribution < -0.4 is 0 Å². The quantitative estimate of drug-likeness (QED) is 0.489. The van der Waals surface area contributed by atoms with Crippen LogP contribution in [-0.4, -0.2) is 6.29 Å². The molecule has 5 atom stereocenters. The molecule has 0 aromatic heterocycles. The average molecular weight is 272 g/mol. The summed E-state index contributed by atoms with van der Waals surface area (Å²) in [6.45, 7) is 2.55. The fourth-order valence-electron chi connectivity index (χ4n) is 6.61. The Morgan fingerprint density at radius 3 is 2.85 bits per heavy atom. The van der Waals surface area contributed by atoms with Crippen molar-refractivity contribution in [3.63, 3.8) is 0 Å². The second kappa shape index (κ2) is 4.45. The van der Waals surface area contributed by atoms with Crippen LogP contribution in [0.15, 0.2) is 11.6 Å². The van der Waals surface area contributed by atoms with Crippen molar-refractivity contribution in [1.29, 1.82) is 0 Å². The smallest absolute Gasteiger partial charge is 0.126 e. The lowest BCUT2D eigenvalue weighted by atomic mass is 9.48. The van der Waals surface area contributed by atoms with Gasteiger partial charge in [-0.1, -0.05) is 31.4 Å². The highest BCUT2D eigenvalue weighted by molar-refractivity contribution is 5.61. The van der Waals surface area contributed by atoms with Crippen molar-refractivity contribution >= 4 is 6.29 Å². The van der Waals surface area contributed by atoms with Crippen molar-refractivity contribution in [3.05, 3.63) is 11.6 Å². The predicted octanol–water partition coefficient (Wildman–Crippen LogP) is 4.91. The van der Waals surface area contributed by atoms with E-state index in [0.717, 1.165) is 11.8 Å². The van der Waals surface area contributed by atoms with Gasteiger partial charge >= 0.3 is 0 Å². The summed E-state index contributed by atoms with van der Waals surface area (Å²) in [7, 11) is 0. The van der Waals surface area contributed by atoms with Crippen LogP contribution in [0.1, 0.15) is 71.1 Å². The standard InChI is InChI=1S/C19H28O/c1-18-10-3-2-5-14(18)7-8-15-16(18)9-12-19(13-20)11-4-6-17(15)19/h7,13,15-17H,2-6,8-12H2,1H3/t15-,16+,17+,18+,19+/m1/s1. The number of hydrogen-bond acceptors (Lipinski definition) is 1. The molecule has 0 N–H and O–H groups in total. The van der Waals surface area contributed by atoms with Crippen LogP contribution in [0.3, 0.4) is 0 Å². The van der Waals surface area contributed by atoms with Gasteiger partial charge < -0.3 is 4.79 Å². The van der Waals surface area contributed by atoms with Crippen molar-refractivity contribution in [1.82, 2.24) is 0 Å². The zero-order chi connectivity index (χ0) is 13.8. The van der Waals surface area contributed by atoms with Gasteiger partial charge in [-0.05, 0) is 74.5 Å². The van der Waals surface area contributed by atoms with Crippen molar-refractivity contribution in [2.24, 2.45) is 28.6 Å². The van der Waals surface area contributed by atoms with Crippen molar-refractivity contribution in [2.45, 2.75) is 71.1 Å². The van der Waals surface area contributed by atoms with E-state index in [0.29, 0.717) is 11.3 Å². The highest BCUT2D eigenvalue weighted by Crippen LogP contribution is 2.64. The van der Waals surface area contributed by atoms with E-state index in [9.17, 15) is 4.79 Å². The lowest BCUT2D eigenvalue weighted by molar-refractivity contribution is -0.125. The Morgan fingerprint density at radius 1 is 1.10 bits per heavy atom. The van der Waals surface area contributed by atoms with E-state index in [2.05, 4.69) is 13.0 Å². The van der Waals surface area contributed by atoms with Crippen LogP contribution in [0, 0.1) is 28.6 Å². The summed E-state index contributed by atoms with van der Waals surface area (Å²) in [4.78, 5) is 11.8. The highest BCUT2D eigenvalue weighted by atomic mass is 16.1. The van der Waals surface area contributed by atoms with Crippen molar-refractivity contribution in [2.75, 3.05) is 0 Å². The first kappa shape index (κ1) is 13.1. The monoisotopic (exact) mass is 272 g/mol. The van der Waals surface area contributed by atoms with Crippen LogP contribution >= 0.6 is 0 Å². The molecule has 0 aliphatic heterocycles. The van der Waals surface area contributed by atoms with E-state index in [-0.39, 0.29) is 5.41 Å². The van der Waals surface area contributed by atoms with Crippen LogP contribution in [-0.2, 0) is 4.79 Å². The molecule has 3 fully saturated rings. The number of aldehydes is 1. The van der Waals surface area contributed by atoms with Gasteiger partial charge in [0.1, 0.15) is 6.29 Å². The first-order valence-corrected chi connectivity index (χ1v) is 8.85. The molecule has 0 aromatic rings. The minimum atomic E-state index is 0.0809. The summed E-state index contributed by atoms with van der Waals surface area (Å²) in [6.07, 6.45) is 17.1. The molecule has 0 aromatic carbocycles. The van der Waals surface area contributed by atoms with Crippen molar-refractivity contribution < 1.29 is 4.79 Å². The Bertz CT molecular complexity index is 451. The summed E-state index contributed by atoms with van der Waals surface area (Å²) in [5, 5.41) is 0. The molecule has 110 valence electrons. The second-order valence-corrected chi connectivity index (χ2v) is 8.25. The SMILES string of the molecule is C[C@]12CCCCC1=CC[C@H]1[C@@H]3CCC[C@@]3(C=O)CC[C@@H]12. The van der Waals surface area contributed by atoms with Gasteiger partial charge in [-0.15, -0.1) is 0 Å². The Balaban J connectivity index is 1.71. The number of allylic oxidation sites excluding steroid dienone is 2. The minimum absolute atomic E-state index is 0.0809. The maximum atomic E-state index is 11.8. The van der Waals surface area contributed by atoms with Gasteiger partial charge in [0.25, 0.3) is 0 Å². The van der Waals surface area contributed by atoms with E-state index in [4.69, 9.17) is 0 Å². The molecule has 0 bridgehead atoms. The largest absolute Gasteiger partial charge is 0.303 e. The van der Waals surface area contributed by atoms with E-state index >= 15 is 0 Å². The van der Waals surface area contributed by atoms with E-state index in [1.54, 1.807) is 5.57 Å². The third-order valence-corrected chi connectivity index (χ3v) is 7.67. The Hall–Kier alpha value is -0.590. The molecule has 20 heavy (non-hydrogen) atoms. The zero-order valence-electron chi connectivity index (χ0n) is 12.9. The van der Waals surface area contributed by atoms with Gasteiger partial charge in [-0.3, -0.25) is 0 Å². The maximum absolute atomic E-state index is 11.8. The summed E-state index contributed by atoms with van der Waals surface area (Å²) < 4.78 is 0. The molecule has 0 radical (unpaired) electrons. The predicted molar refractivity (Wildman–Crippen MR) is 81.3 cm³/mol. The van der Waals surface area contributed by atoms with Crippen LogP contribution in [0.25, 0.3) is 0 Å². The maximum Gasteiger partial charge on any atom is 0.126 e. The second-order valence-electron chi connectivity index (χ2n) is 8.25. The Morgan fingerprint density at radius 2 is 2.00 bits per heavy atom. The fourth-order valence-corrected chi connectivity index (χ4v) is 6.61. The van der Waals surface area contributed by atoms with E-state index < -0.39 is 0 Å². The summed E-state index contributed by atoms with van der Waals surface area (Å²) >= 11 is 0. The number of carbonyl (C=O) groups is 1. The Kier molecular flexibility index (Phi) is 2.91. The molecule has 4 aliphatic carbocycles. The number of rotatable bonds is 1. The fraction of sp³-hybridized carbons (Fsp3) is 0.842. The molecule has 1 nitrogen and oxygen atoms in total. The molecular weight excluding hydrogens is 244 g/mol. The lowest BCUT2D eigenvalue weighted by Crippen LogP contribution is -2.49. The third kappa shape index (κ3) is 1.58. The third-order valence-electron chi connectivity index (χ3n) is 7.67. The van der Waals surface area contributed by atoms with Gasteiger partial charge in [0, 0.05) is 5.41 Å². The number of carbonyl (C=O) groups excluding carboxylic acids is 1. The van der Waals surface area contributed by atoms with Crippen LogP contribution in [0.5, 0.6) is 0 Å². The molecule has 4 aliphatic rings.